The fourth-order valence-electron chi connectivity index (χ4n) is 8.11. The molecule has 0 saturated carbocycles. The van der Waals surface area contributed by atoms with Crippen LogP contribution in [-0.4, -0.2) is 100 Å². The lowest BCUT2D eigenvalue weighted by Gasteiger charge is -2.40. The molecular formula is C54H99NO10. The first kappa shape index (κ1) is 60.9. The molecule has 1 rings (SSSR count). The Hall–Kier alpha value is -2.12. The molecule has 65 heavy (non-hydrogen) atoms. The highest BCUT2D eigenvalue weighted by Crippen LogP contribution is 2.23. The van der Waals surface area contributed by atoms with Crippen LogP contribution >= 0.6 is 0 Å². The summed E-state index contributed by atoms with van der Waals surface area (Å²) in [6, 6.07) is -0.821. The van der Waals surface area contributed by atoms with Crippen LogP contribution < -0.4 is 5.32 Å². The molecule has 0 bridgehead atoms. The largest absolute Gasteiger partial charge is 0.466 e. The molecule has 0 aromatic carbocycles. The minimum absolute atomic E-state index is 0.0327. The topological polar surface area (TPSA) is 175 Å². The van der Waals surface area contributed by atoms with Gasteiger partial charge in [0, 0.05) is 12.8 Å². The van der Waals surface area contributed by atoms with E-state index in [4.69, 9.17) is 14.2 Å². The number of hydrogen-bond donors (Lipinski definition) is 6. The Kier molecular flexibility index (Phi) is 41.6. The van der Waals surface area contributed by atoms with Crippen LogP contribution in [0.5, 0.6) is 0 Å². The first-order valence-electron chi connectivity index (χ1n) is 26.8. The molecule has 380 valence electrons. The Labute approximate surface area is 396 Å². The molecule has 0 aromatic heterocycles. The van der Waals surface area contributed by atoms with E-state index in [0.717, 1.165) is 89.9 Å². The summed E-state index contributed by atoms with van der Waals surface area (Å²) in [4.78, 5) is 25.0. The summed E-state index contributed by atoms with van der Waals surface area (Å²) in [5.41, 5.74) is 0. The zero-order valence-corrected chi connectivity index (χ0v) is 41.4. The lowest BCUT2D eigenvalue weighted by molar-refractivity contribution is -0.302. The van der Waals surface area contributed by atoms with Crippen molar-refractivity contribution in [2.45, 2.75) is 275 Å². The molecule has 1 heterocycles. The minimum Gasteiger partial charge on any atom is -0.466 e. The van der Waals surface area contributed by atoms with Gasteiger partial charge in [-0.3, -0.25) is 9.59 Å². The highest BCUT2D eigenvalue weighted by Gasteiger charge is 2.44. The van der Waals surface area contributed by atoms with Gasteiger partial charge in [0.1, 0.15) is 24.4 Å². The number of aliphatic hydroxyl groups excluding tert-OH is 5. The van der Waals surface area contributed by atoms with Crippen molar-refractivity contribution in [3.05, 3.63) is 36.5 Å². The quantitative estimate of drug-likeness (QED) is 0.0196. The van der Waals surface area contributed by atoms with Crippen LogP contribution in [0, 0.1) is 0 Å². The summed E-state index contributed by atoms with van der Waals surface area (Å²) < 4.78 is 16.6. The van der Waals surface area contributed by atoms with Crippen LogP contribution in [0.25, 0.3) is 0 Å². The molecule has 1 aliphatic rings. The number of carbonyl (C=O) groups is 2. The van der Waals surface area contributed by atoms with Gasteiger partial charge in [-0.15, -0.1) is 0 Å². The number of nitrogens with one attached hydrogen (secondary N) is 1. The fraction of sp³-hybridized carbons (Fsp3) is 0.852. The smallest absolute Gasteiger partial charge is 0.305 e. The van der Waals surface area contributed by atoms with Crippen molar-refractivity contribution in [2.75, 3.05) is 19.8 Å². The molecule has 1 amide bonds. The predicted molar refractivity (Wildman–Crippen MR) is 264 cm³/mol. The molecule has 0 radical (unpaired) electrons. The van der Waals surface area contributed by atoms with Gasteiger partial charge in [0.15, 0.2) is 6.29 Å². The van der Waals surface area contributed by atoms with Gasteiger partial charge in [-0.05, 0) is 77.0 Å². The van der Waals surface area contributed by atoms with E-state index < -0.39 is 49.5 Å². The maximum atomic E-state index is 13.0. The minimum atomic E-state index is -1.58. The molecule has 1 fully saturated rings. The Morgan fingerprint density at radius 2 is 1.00 bits per heavy atom. The molecule has 6 N–H and O–H groups in total. The normalized spacial score (nSPS) is 20.0. The SMILES string of the molecule is CCCC/C=C\CCCCCCCC(=O)OCCCCCCCCC/C=C\CCCCCCCC(=O)NC(COC1OC(CO)C(O)C(O)C1O)C(O)/C=C/CCCCCCCCCC. The van der Waals surface area contributed by atoms with Crippen molar-refractivity contribution in [1.29, 1.82) is 0 Å². The van der Waals surface area contributed by atoms with Crippen molar-refractivity contribution >= 4 is 11.9 Å². The Morgan fingerprint density at radius 1 is 0.554 bits per heavy atom. The van der Waals surface area contributed by atoms with E-state index >= 15 is 0 Å². The summed E-state index contributed by atoms with van der Waals surface area (Å²) in [7, 11) is 0. The number of aliphatic hydroxyl groups is 5. The van der Waals surface area contributed by atoms with Gasteiger partial charge in [-0.25, -0.2) is 0 Å². The van der Waals surface area contributed by atoms with E-state index in [1.54, 1.807) is 6.08 Å². The highest BCUT2D eigenvalue weighted by atomic mass is 16.7. The maximum Gasteiger partial charge on any atom is 0.305 e. The summed E-state index contributed by atoms with van der Waals surface area (Å²) >= 11 is 0. The van der Waals surface area contributed by atoms with Gasteiger partial charge in [0.2, 0.25) is 5.91 Å². The second-order valence-electron chi connectivity index (χ2n) is 18.6. The average molecular weight is 922 g/mol. The summed E-state index contributed by atoms with van der Waals surface area (Å²) in [6.45, 7) is 4.23. The third-order valence-corrected chi connectivity index (χ3v) is 12.5. The van der Waals surface area contributed by atoms with Gasteiger partial charge in [-0.1, -0.05) is 179 Å². The van der Waals surface area contributed by atoms with Gasteiger partial charge in [0.05, 0.1) is 32.0 Å². The number of amides is 1. The van der Waals surface area contributed by atoms with E-state index in [1.807, 2.05) is 6.08 Å². The van der Waals surface area contributed by atoms with Crippen LogP contribution in [-0.2, 0) is 23.8 Å². The van der Waals surface area contributed by atoms with Crippen molar-refractivity contribution in [2.24, 2.45) is 0 Å². The molecule has 11 nitrogen and oxygen atoms in total. The van der Waals surface area contributed by atoms with E-state index in [0.29, 0.717) is 19.4 Å². The number of carbonyl (C=O) groups excluding carboxylic acids is 2. The van der Waals surface area contributed by atoms with Crippen LogP contribution in [0.3, 0.4) is 0 Å². The molecule has 11 heteroatoms. The standard InChI is InChI=1S/C54H99NO10/c1-3-5-7-9-11-13-21-26-30-34-38-42-50(59)63-43-39-35-31-27-23-20-18-16-15-17-19-22-25-29-33-37-41-49(58)55-46(45-64-54-53(62)52(61)51(60)48(44-56)65-54)47(57)40-36-32-28-24-14-12-10-8-6-4-2/h9,11,15,17,36,40,46-48,51-54,56-57,60-62H,3-8,10,12-14,16,18-35,37-39,41-45H2,1-2H3,(H,55,58)/b11-9-,17-15-,40-36+. The second-order valence-corrected chi connectivity index (χ2v) is 18.6. The average Bonchev–Trinajstić information content (AvgIpc) is 3.30. The van der Waals surface area contributed by atoms with E-state index in [9.17, 15) is 35.1 Å². The van der Waals surface area contributed by atoms with Crippen LogP contribution in [0.4, 0.5) is 0 Å². The molecular weight excluding hydrogens is 823 g/mol. The van der Waals surface area contributed by atoms with E-state index in [-0.39, 0.29) is 18.5 Å². The van der Waals surface area contributed by atoms with Gasteiger partial charge < -0.3 is 45.1 Å². The molecule has 7 unspecified atom stereocenters. The molecule has 1 aliphatic heterocycles. The first-order chi connectivity index (χ1) is 31.7. The monoisotopic (exact) mass is 922 g/mol. The van der Waals surface area contributed by atoms with Crippen LogP contribution in [0.1, 0.15) is 232 Å². The fourth-order valence-corrected chi connectivity index (χ4v) is 8.11. The molecule has 1 saturated heterocycles. The molecule has 7 atom stereocenters. The number of unbranched alkanes of at least 4 members (excludes halogenated alkanes) is 27. The number of ether oxygens (including phenoxy) is 3. The number of esters is 1. The van der Waals surface area contributed by atoms with Gasteiger partial charge in [0.25, 0.3) is 0 Å². The lowest BCUT2D eigenvalue weighted by atomic mass is 9.99. The Balaban J connectivity index is 2.14. The van der Waals surface area contributed by atoms with Crippen molar-refractivity contribution in [3.63, 3.8) is 0 Å². The summed E-state index contributed by atoms with van der Waals surface area (Å²) in [5, 5.41) is 54.1. The molecule has 0 spiro atoms. The third kappa shape index (κ3) is 34.8. The third-order valence-electron chi connectivity index (χ3n) is 12.5. The lowest BCUT2D eigenvalue weighted by Crippen LogP contribution is -2.60. The van der Waals surface area contributed by atoms with Crippen molar-refractivity contribution in [3.8, 4) is 0 Å². The number of hydrogen-bond acceptors (Lipinski definition) is 10. The highest BCUT2D eigenvalue weighted by molar-refractivity contribution is 5.76. The van der Waals surface area contributed by atoms with Gasteiger partial charge in [-0.2, -0.15) is 0 Å². The van der Waals surface area contributed by atoms with Crippen LogP contribution in [0.15, 0.2) is 36.5 Å². The molecule has 0 aromatic rings. The predicted octanol–water partition coefficient (Wildman–Crippen LogP) is 11.2. The van der Waals surface area contributed by atoms with E-state index in [1.165, 1.54) is 116 Å². The maximum absolute atomic E-state index is 13.0. The Morgan fingerprint density at radius 3 is 1.52 bits per heavy atom. The van der Waals surface area contributed by atoms with E-state index in [2.05, 4.69) is 43.5 Å². The van der Waals surface area contributed by atoms with Crippen LogP contribution in [0.2, 0.25) is 0 Å². The summed E-state index contributed by atoms with van der Waals surface area (Å²) in [5.74, 6) is -0.234. The number of rotatable bonds is 45. The number of allylic oxidation sites excluding steroid dienone is 5. The Bertz CT molecular complexity index is 1180. The van der Waals surface area contributed by atoms with Crippen molar-refractivity contribution in [1.82, 2.24) is 5.32 Å². The van der Waals surface area contributed by atoms with Crippen molar-refractivity contribution < 1.29 is 49.3 Å². The second kappa shape index (κ2) is 44.4. The zero-order valence-electron chi connectivity index (χ0n) is 41.4. The summed E-state index contributed by atoms with van der Waals surface area (Å²) in [6.07, 6.45) is 42.3. The van der Waals surface area contributed by atoms with Gasteiger partial charge >= 0.3 is 5.97 Å². The molecule has 0 aliphatic carbocycles. The zero-order chi connectivity index (χ0) is 47.4. The first-order valence-corrected chi connectivity index (χ1v) is 26.8.